The Morgan fingerprint density at radius 1 is 1.22 bits per heavy atom. The molecule has 1 saturated heterocycles. The van der Waals surface area contributed by atoms with Crippen LogP contribution in [0.5, 0.6) is 0 Å². The maximum atomic E-state index is 6.21. The van der Waals surface area contributed by atoms with Crippen molar-refractivity contribution in [3.8, 4) is 11.3 Å². The van der Waals surface area contributed by atoms with Gasteiger partial charge in [-0.15, -0.1) is 0 Å². The SMILES string of the molecule is Cc1noc(-c2cn[nH]c2C2CCCCN2Cc2ccc(Cl)c(Cl)c2)c1C. The average molecular weight is 405 g/mol. The Labute approximate surface area is 168 Å². The van der Waals surface area contributed by atoms with Crippen molar-refractivity contribution in [3.05, 3.63) is 57.0 Å². The Morgan fingerprint density at radius 3 is 2.81 bits per heavy atom. The Morgan fingerprint density at radius 2 is 2.07 bits per heavy atom. The standard InChI is InChI=1S/C20H22Cl2N4O/c1-12-13(2)25-27-20(12)15-10-23-24-19(15)18-5-3-4-8-26(18)11-14-6-7-16(21)17(22)9-14/h6-7,9-10,18H,3-5,8,11H2,1-2H3,(H,23,24). The molecule has 1 aromatic carbocycles. The molecular formula is C20H22Cl2N4O. The predicted molar refractivity (Wildman–Crippen MR) is 107 cm³/mol. The topological polar surface area (TPSA) is 58.0 Å². The van der Waals surface area contributed by atoms with Crippen LogP contribution in [0.2, 0.25) is 10.0 Å². The highest BCUT2D eigenvalue weighted by Crippen LogP contribution is 2.38. The Balaban J connectivity index is 1.64. The molecule has 0 bridgehead atoms. The third kappa shape index (κ3) is 3.64. The number of aromatic nitrogens is 3. The normalized spacial score (nSPS) is 18.1. The van der Waals surface area contributed by atoms with E-state index >= 15 is 0 Å². The van der Waals surface area contributed by atoms with E-state index in [1.165, 1.54) is 12.8 Å². The van der Waals surface area contributed by atoms with Crippen LogP contribution in [0.4, 0.5) is 0 Å². The van der Waals surface area contributed by atoms with Crippen molar-refractivity contribution in [2.45, 2.75) is 45.7 Å². The number of benzene rings is 1. The fourth-order valence-corrected chi connectivity index (χ4v) is 4.10. The summed E-state index contributed by atoms with van der Waals surface area (Å²) in [6.07, 6.45) is 5.29. The van der Waals surface area contributed by atoms with E-state index in [0.717, 1.165) is 53.3 Å². The van der Waals surface area contributed by atoms with Gasteiger partial charge in [0.05, 0.1) is 39.2 Å². The Bertz CT molecular complexity index is 949. The molecule has 0 spiro atoms. The average Bonchev–Trinajstić information content (AvgIpc) is 3.26. The van der Waals surface area contributed by atoms with E-state index in [1.807, 2.05) is 38.2 Å². The maximum absolute atomic E-state index is 6.21. The molecule has 1 aliphatic rings. The van der Waals surface area contributed by atoms with E-state index in [-0.39, 0.29) is 6.04 Å². The third-order valence-corrected chi connectivity index (χ3v) is 6.13. The molecule has 142 valence electrons. The Kier molecular flexibility index (Phi) is 5.26. The van der Waals surface area contributed by atoms with Crippen molar-refractivity contribution in [2.75, 3.05) is 6.54 Å². The number of likely N-dealkylation sites (tertiary alicyclic amines) is 1. The molecule has 1 unspecified atom stereocenters. The molecule has 4 rings (SSSR count). The molecule has 1 atom stereocenters. The van der Waals surface area contributed by atoms with Gasteiger partial charge in [-0.1, -0.05) is 40.8 Å². The van der Waals surface area contributed by atoms with E-state index < -0.39 is 0 Å². The van der Waals surface area contributed by atoms with Crippen molar-refractivity contribution < 1.29 is 4.52 Å². The van der Waals surface area contributed by atoms with Crippen LogP contribution in [0.3, 0.4) is 0 Å². The number of nitrogens with zero attached hydrogens (tertiary/aromatic N) is 3. The first kappa shape index (κ1) is 18.5. The van der Waals surface area contributed by atoms with Crippen molar-refractivity contribution in [1.29, 1.82) is 0 Å². The van der Waals surface area contributed by atoms with Gasteiger partial charge in [0, 0.05) is 12.1 Å². The molecule has 0 radical (unpaired) electrons. The van der Waals surface area contributed by atoms with Crippen LogP contribution in [0, 0.1) is 13.8 Å². The first-order valence-electron chi connectivity index (χ1n) is 9.19. The molecule has 0 aliphatic carbocycles. The zero-order valence-electron chi connectivity index (χ0n) is 15.4. The summed E-state index contributed by atoms with van der Waals surface area (Å²) in [5.74, 6) is 0.802. The van der Waals surface area contributed by atoms with Crippen LogP contribution >= 0.6 is 23.2 Å². The van der Waals surface area contributed by atoms with Gasteiger partial charge in [-0.2, -0.15) is 5.10 Å². The fraction of sp³-hybridized carbons (Fsp3) is 0.400. The van der Waals surface area contributed by atoms with Crippen molar-refractivity contribution in [1.82, 2.24) is 20.3 Å². The summed E-state index contributed by atoms with van der Waals surface area (Å²) in [6, 6.07) is 6.10. The van der Waals surface area contributed by atoms with Gasteiger partial charge < -0.3 is 4.52 Å². The lowest BCUT2D eigenvalue weighted by Crippen LogP contribution is -2.33. The van der Waals surface area contributed by atoms with Crippen LogP contribution in [-0.2, 0) is 6.54 Å². The van der Waals surface area contributed by atoms with Crippen molar-refractivity contribution in [2.24, 2.45) is 0 Å². The summed E-state index contributed by atoms with van der Waals surface area (Å²) in [7, 11) is 0. The molecule has 1 aliphatic heterocycles. The van der Waals surface area contributed by atoms with Crippen LogP contribution in [0.15, 0.2) is 28.9 Å². The molecule has 2 aromatic heterocycles. The zero-order valence-corrected chi connectivity index (χ0v) is 16.9. The molecule has 5 nitrogen and oxygen atoms in total. The lowest BCUT2D eigenvalue weighted by molar-refractivity contribution is 0.137. The second-order valence-electron chi connectivity index (χ2n) is 7.15. The van der Waals surface area contributed by atoms with E-state index in [4.69, 9.17) is 27.7 Å². The quantitative estimate of drug-likeness (QED) is 0.604. The minimum Gasteiger partial charge on any atom is -0.356 e. The van der Waals surface area contributed by atoms with Gasteiger partial charge >= 0.3 is 0 Å². The molecule has 27 heavy (non-hydrogen) atoms. The minimum absolute atomic E-state index is 0.246. The van der Waals surface area contributed by atoms with Gasteiger partial charge in [0.1, 0.15) is 0 Å². The first-order chi connectivity index (χ1) is 13.0. The number of piperidine rings is 1. The van der Waals surface area contributed by atoms with E-state index in [0.29, 0.717) is 10.0 Å². The highest BCUT2D eigenvalue weighted by Gasteiger charge is 2.29. The van der Waals surface area contributed by atoms with Gasteiger partial charge in [0.15, 0.2) is 5.76 Å². The van der Waals surface area contributed by atoms with E-state index in [2.05, 4.69) is 20.3 Å². The number of halogens is 2. The van der Waals surface area contributed by atoms with Gasteiger partial charge in [-0.05, 0) is 50.9 Å². The summed E-state index contributed by atoms with van der Waals surface area (Å²) < 4.78 is 5.59. The zero-order chi connectivity index (χ0) is 19.0. The fourth-order valence-electron chi connectivity index (χ4n) is 3.78. The highest BCUT2D eigenvalue weighted by atomic mass is 35.5. The third-order valence-electron chi connectivity index (χ3n) is 5.39. The summed E-state index contributed by atoms with van der Waals surface area (Å²) in [5.41, 5.74) is 5.22. The van der Waals surface area contributed by atoms with Gasteiger partial charge in [0.2, 0.25) is 0 Å². The predicted octanol–water partition coefficient (Wildman–Crippen LogP) is 5.72. The van der Waals surface area contributed by atoms with E-state index in [1.54, 1.807) is 0 Å². The molecule has 3 aromatic rings. The molecule has 7 heteroatoms. The molecule has 1 N–H and O–H groups in total. The number of aromatic amines is 1. The second kappa shape index (κ2) is 7.66. The number of H-pyrrole nitrogens is 1. The second-order valence-corrected chi connectivity index (χ2v) is 7.96. The number of nitrogens with one attached hydrogen (secondary N) is 1. The van der Waals surface area contributed by atoms with Gasteiger partial charge in [-0.3, -0.25) is 10.00 Å². The minimum atomic E-state index is 0.246. The van der Waals surface area contributed by atoms with Crippen LogP contribution in [0.25, 0.3) is 11.3 Å². The lowest BCUT2D eigenvalue weighted by atomic mass is 9.95. The summed E-state index contributed by atoms with van der Waals surface area (Å²) in [6.45, 7) is 5.83. The highest BCUT2D eigenvalue weighted by molar-refractivity contribution is 6.42. The molecule has 1 fully saturated rings. The van der Waals surface area contributed by atoms with Crippen LogP contribution < -0.4 is 0 Å². The van der Waals surface area contributed by atoms with Crippen molar-refractivity contribution in [3.63, 3.8) is 0 Å². The molecule has 3 heterocycles. The van der Waals surface area contributed by atoms with Crippen molar-refractivity contribution >= 4 is 23.2 Å². The number of hydrogen-bond donors (Lipinski definition) is 1. The summed E-state index contributed by atoms with van der Waals surface area (Å²) in [5, 5.41) is 12.8. The molecule has 0 saturated carbocycles. The monoisotopic (exact) mass is 404 g/mol. The number of hydrogen-bond acceptors (Lipinski definition) is 4. The van der Waals surface area contributed by atoms with Crippen LogP contribution in [-0.4, -0.2) is 26.8 Å². The van der Waals surface area contributed by atoms with Gasteiger partial charge in [-0.25, -0.2) is 0 Å². The van der Waals surface area contributed by atoms with E-state index in [9.17, 15) is 0 Å². The number of rotatable bonds is 4. The smallest absolute Gasteiger partial charge is 0.173 e. The summed E-state index contributed by atoms with van der Waals surface area (Å²) >= 11 is 12.3. The lowest BCUT2D eigenvalue weighted by Gasteiger charge is -2.35. The summed E-state index contributed by atoms with van der Waals surface area (Å²) in [4.78, 5) is 2.47. The molecule has 0 amide bonds. The Hall–Kier alpha value is -1.82. The van der Waals surface area contributed by atoms with Gasteiger partial charge in [0.25, 0.3) is 0 Å². The van der Waals surface area contributed by atoms with Crippen LogP contribution in [0.1, 0.15) is 47.8 Å². The number of aryl methyl sites for hydroxylation is 1. The largest absolute Gasteiger partial charge is 0.356 e. The molecular weight excluding hydrogens is 383 g/mol. The first-order valence-corrected chi connectivity index (χ1v) is 9.94. The maximum Gasteiger partial charge on any atom is 0.173 e.